The number of aryl methyl sites for hydroxylation is 1. The minimum absolute atomic E-state index is 0.135. The SMILES string of the molecule is CCc1cc(C=O)ccc1OSC(F)(F)F. The minimum atomic E-state index is -4.44. The zero-order chi connectivity index (χ0) is 12.2. The molecule has 0 saturated heterocycles. The van der Waals surface area contributed by atoms with Gasteiger partial charge in [-0.25, -0.2) is 0 Å². The topological polar surface area (TPSA) is 26.3 Å². The van der Waals surface area contributed by atoms with Gasteiger partial charge in [-0.3, -0.25) is 4.79 Å². The molecule has 0 aliphatic rings. The molecule has 0 unspecified atom stereocenters. The summed E-state index contributed by atoms with van der Waals surface area (Å²) in [6.45, 7) is 1.77. The van der Waals surface area contributed by atoms with Gasteiger partial charge < -0.3 is 4.18 Å². The molecule has 88 valence electrons. The van der Waals surface area contributed by atoms with Crippen LogP contribution in [0.15, 0.2) is 18.2 Å². The summed E-state index contributed by atoms with van der Waals surface area (Å²) >= 11 is -0.559. The molecule has 0 bridgehead atoms. The van der Waals surface area contributed by atoms with Gasteiger partial charge >= 0.3 is 5.51 Å². The van der Waals surface area contributed by atoms with Crippen LogP contribution in [0.25, 0.3) is 0 Å². The molecule has 1 aromatic rings. The largest absolute Gasteiger partial charge is 0.479 e. The zero-order valence-corrected chi connectivity index (χ0v) is 9.19. The average Bonchev–Trinajstić information content (AvgIpc) is 2.25. The average molecular weight is 250 g/mol. The highest BCUT2D eigenvalue weighted by Gasteiger charge is 2.31. The Kier molecular flexibility index (Phi) is 4.23. The summed E-state index contributed by atoms with van der Waals surface area (Å²) in [5.41, 5.74) is -3.45. The lowest BCUT2D eigenvalue weighted by Gasteiger charge is -2.10. The Morgan fingerprint density at radius 3 is 2.62 bits per heavy atom. The lowest BCUT2D eigenvalue weighted by molar-refractivity contribution is -0.0369. The van der Waals surface area contributed by atoms with Crippen molar-refractivity contribution in [3.63, 3.8) is 0 Å². The van der Waals surface area contributed by atoms with Gasteiger partial charge in [-0.05, 0) is 30.2 Å². The maximum atomic E-state index is 11.9. The van der Waals surface area contributed by atoms with E-state index in [9.17, 15) is 18.0 Å². The molecule has 0 radical (unpaired) electrons. The summed E-state index contributed by atoms with van der Waals surface area (Å²) in [5.74, 6) is 0.135. The van der Waals surface area contributed by atoms with Crippen LogP contribution in [0.4, 0.5) is 13.2 Å². The van der Waals surface area contributed by atoms with Crippen LogP contribution in [0.2, 0.25) is 0 Å². The molecule has 0 aliphatic carbocycles. The molecule has 6 heteroatoms. The predicted octanol–water partition coefficient (Wildman–Crippen LogP) is 3.61. The molecular formula is C10H9F3O2S. The van der Waals surface area contributed by atoms with Crippen molar-refractivity contribution in [2.24, 2.45) is 0 Å². The van der Waals surface area contributed by atoms with Gasteiger partial charge in [0.15, 0.2) is 12.0 Å². The number of hydrogen-bond donors (Lipinski definition) is 0. The number of carbonyl (C=O) groups is 1. The molecule has 0 heterocycles. The van der Waals surface area contributed by atoms with E-state index in [0.29, 0.717) is 23.8 Å². The van der Waals surface area contributed by atoms with Crippen LogP contribution in [0.5, 0.6) is 5.75 Å². The molecule has 0 N–H and O–H groups in total. The van der Waals surface area contributed by atoms with Crippen LogP contribution in [-0.2, 0) is 6.42 Å². The lowest BCUT2D eigenvalue weighted by Crippen LogP contribution is -2.03. The minimum Gasteiger partial charge on any atom is -0.417 e. The van der Waals surface area contributed by atoms with Gasteiger partial charge in [-0.2, -0.15) is 13.2 Å². The van der Waals surface area contributed by atoms with Gasteiger partial charge in [0.05, 0.1) is 0 Å². The number of halogens is 3. The van der Waals surface area contributed by atoms with Gasteiger partial charge in [-0.1, -0.05) is 6.92 Å². The number of alkyl halides is 3. The van der Waals surface area contributed by atoms with Crippen molar-refractivity contribution in [1.29, 1.82) is 0 Å². The summed E-state index contributed by atoms with van der Waals surface area (Å²) in [6.07, 6.45) is 1.13. The van der Waals surface area contributed by atoms with Crippen molar-refractivity contribution >= 4 is 18.3 Å². The van der Waals surface area contributed by atoms with Crippen LogP contribution in [0, 0.1) is 0 Å². The molecule has 0 fully saturated rings. The lowest BCUT2D eigenvalue weighted by atomic mass is 10.1. The smallest absolute Gasteiger partial charge is 0.417 e. The van der Waals surface area contributed by atoms with Gasteiger partial charge in [0, 0.05) is 5.56 Å². The first-order valence-corrected chi connectivity index (χ1v) is 5.21. The summed E-state index contributed by atoms with van der Waals surface area (Å²) in [6, 6.07) is 4.29. The number of hydrogen-bond acceptors (Lipinski definition) is 3. The second-order valence-corrected chi connectivity index (χ2v) is 3.75. The molecule has 2 nitrogen and oxygen atoms in total. The molecule has 0 spiro atoms. The van der Waals surface area contributed by atoms with E-state index in [1.165, 1.54) is 18.2 Å². The monoisotopic (exact) mass is 250 g/mol. The fraction of sp³-hybridized carbons (Fsp3) is 0.300. The third-order valence-corrected chi connectivity index (χ3v) is 2.28. The van der Waals surface area contributed by atoms with Crippen molar-refractivity contribution in [1.82, 2.24) is 0 Å². The Morgan fingerprint density at radius 2 is 2.12 bits per heavy atom. The van der Waals surface area contributed by atoms with Crippen molar-refractivity contribution in [2.45, 2.75) is 18.9 Å². The van der Waals surface area contributed by atoms with Crippen molar-refractivity contribution in [2.75, 3.05) is 0 Å². The Bertz CT molecular complexity index is 377. The third kappa shape index (κ3) is 3.77. The number of carbonyl (C=O) groups excluding carboxylic acids is 1. The highest BCUT2D eigenvalue weighted by atomic mass is 32.2. The second kappa shape index (κ2) is 5.25. The molecule has 16 heavy (non-hydrogen) atoms. The molecule has 0 amide bonds. The summed E-state index contributed by atoms with van der Waals surface area (Å²) in [7, 11) is 0. The van der Waals surface area contributed by atoms with E-state index in [0.717, 1.165) is 0 Å². The molecule has 1 rings (SSSR count). The fourth-order valence-corrected chi connectivity index (χ4v) is 1.47. The maximum Gasteiger partial charge on any atom is 0.479 e. The first-order chi connectivity index (χ1) is 7.46. The first-order valence-electron chi connectivity index (χ1n) is 4.46. The third-order valence-electron chi connectivity index (χ3n) is 1.83. The van der Waals surface area contributed by atoms with E-state index in [2.05, 4.69) is 4.18 Å². The maximum absolute atomic E-state index is 11.9. The Hall–Kier alpha value is -1.17. The van der Waals surface area contributed by atoms with E-state index < -0.39 is 17.6 Å². The van der Waals surface area contributed by atoms with Crippen molar-refractivity contribution in [3.05, 3.63) is 29.3 Å². The van der Waals surface area contributed by atoms with Crippen LogP contribution in [0.3, 0.4) is 0 Å². The Morgan fingerprint density at radius 1 is 1.44 bits per heavy atom. The highest BCUT2D eigenvalue weighted by Crippen LogP contribution is 2.34. The first kappa shape index (κ1) is 12.9. The molecule has 0 saturated carbocycles. The Labute approximate surface area is 95.0 Å². The van der Waals surface area contributed by atoms with E-state index in [1.54, 1.807) is 6.92 Å². The highest BCUT2D eigenvalue weighted by molar-refractivity contribution is 7.95. The van der Waals surface area contributed by atoms with Gasteiger partial charge in [0.2, 0.25) is 0 Å². The van der Waals surface area contributed by atoms with Crippen LogP contribution in [-0.4, -0.2) is 11.8 Å². The number of rotatable bonds is 4. The standard InChI is InChI=1S/C10H9F3O2S/c1-2-8-5-7(6-14)3-4-9(8)15-16-10(11,12)13/h3-6H,2H2,1H3. The number of aldehydes is 1. The van der Waals surface area contributed by atoms with E-state index in [1.807, 2.05) is 0 Å². The molecular weight excluding hydrogens is 241 g/mol. The van der Waals surface area contributed by atoms with E-state index in [4.69, 9.17) is 0 Å². The van der Waals surface area contributed by atoms with Crippen LogP contribution >= 0.6 is 12.0 Å². The van der Waals surface area contributed by atoms with Gasteiger partial charge in [0.1, 0.15) is 12.0 Å². The van der Waals surface area contributed by atoms with Gasteiger partial charge in [-0.15, -0.1) is 0 Å². The fourth-order valence-electron chi connectivity index (χ4n) is 1.12. The van der Waals surface area contributed by atoms with Crippen molar-refractivity contribution < 1.29 is 22.1 Å². The van der Waals surface area contributed by atoms with E-state index in [-0.39, 0.29) is 5.75 Å². The van der Waals surface area contributed by atoms with Crippen molar-refractivity contribution in [3.8, 4) is 5.75 Å². The normalized spacial score (nSPS) is 11.2. The molecule has 0 aliphatic heterocycles. The molecule has 1 aromatic carbocycles. The quantitative estimate of drug-likeness (QED) is 0.603. The summed E-state index contributed by atoms with van der Waals surface area (Å²) < 4.78 is 40.3. The number of benzene rings is 1. The Balaban J connectivity index is 2.83. The predicted molar refractivity (Wildman–Crippen MR) is 55.5 cm³/mol. The molecule has 0 aromatic heterocycles. The molecule has 0 atom stereocenters. The zero-order valence-electron chi connectivity index (χ0n) is 8.38. The van der Waals surface area contributed by atoms with E-state index >= 15 is 0 Å². The summed E-state index contributed by atoms with van der Waals surface area (Å²) in [5, 5.41) is 0. The second-order valence-electron chi connectivity index (χ2n) is 2.95. The van der Waals surface area contributed by atoms with Crippen LogP contribution in [0.1, 0.15) is 22.8 Å². The summed E-state index contributed by atoms with van der Waals surface area (Å²) in [4.78, 5) is 10.5. The van der Waals surface area contributed by atoms with Crippen LogP contribution < -0.4 is 4.18 Å². The van der Waals surface area contributed by atoms with Gasteiger partial charge in [0.25, 0.3) is 0 Å².